The molecule has 0 radical (unpaired) electrons. The van der Waals surface area contributed by atoms with Crippen molar-refractivity contribution in [2.45, 2.75) is 19.8 Å². The average molecular weight is 170 g/mol. The van der Waals surface area contributed by atoms with E-state index in [1.807, 2.05) is 25.1 Å². The smallest absolute Gasteiger partial charge is 0.332 e. The lowest BCUT2D eigenvalue weighted by Crippen LogP contribution is -2.25. The molecule has 0 amide bonds. The molecular formula is C8H14N2O2. The lowest BCUT2D eigenvalue weighted by Gasteiger charge is -2.16. The van der Waals surface area contributed by atoms with Gasteiger partial charge in [0.1, 0.15) is 6.67 Å². The summed E-state index contributed by atoms with van der Waals surface area (Å²) in [5, 5.41) is 1.53. The molecule has 0 saturated heterocycles. The summed E-state index contributed by atoms with van der Waals surface area (Å²) in [6.45, 7) is 2.57. The van der Waals surface area contributed by atoms with Crippen LogP contribution in [0, 0.1) is 0 Å². The molecule has 12 heavy (non-hydrogen) atoms. The highest BCUT2D eigenvalue weighted by Gasteiger charge is 2.12. The monoisotopic (exact) mass is 170 g/mol. The Labute approximate surface area is 72.3 Å². The Hall–Kier alpha value is -1.19. The van der Waals surface area contributed by atoms with Crippen molar-refractivity contribution >= 4 is 5.97 Å². The number of carbonyl (C=O) groups excluding carboxylic acids is 1. The Balaban J connectivity index is 2.24. The van der Waals surface area contributed by atoms with Crippen molar-refractivity contribution in [2.75, 3.05) is 13.7 Å². The molecule has 0 aromatic heterocycles. The van der Waals surface area contributed by atoms with E-state index >= 15 is 0 Å². The van der Waals surface area contributed by atoms with E-state index in [4.69, 9.17) is 4.84 Å². The van der Waals surface area contributed by atoms with Crippen LogP contribution in [0.3, 0.4) is 0 Å². The minimum absolute atomic E-state index is 0.169. The van der Waals surface area contributed by atoms with Crippen LogP contribution in [0.15, 0.2) is 12.4 Å². The van der Waals surface area contributed by atoms with Crippen molar-refractivity contribution in [1.82, 2.24) is 9.96 Å². The summed E-state index contributed by atoms with van der Waals surface area (Å²) in [7, 11) is 1.92. The first-order valence-electron chi connectivity index (χ1n) is 4.08. The van der Waals surface area contributed by atoms with Crippen molar-refractivity contribution in [1.29, 1.82) is 0 Å². The van der Waals surface area contributed by atoms with Crippen LogP contribution in [0.25, 0.3) is 0 Å². The van der Waals surface area contributed by atoms with Crippen LogP contribution < -0.4 is 0 Å². The summed E-state index contributed by atoms with van der Waals surface area (Å²) < 4.78 is 0. The van der Waals surface area contributed by atoms with Crippen LogP contribution in [-0.2, 0) is 9.63 Å². The van der Waals surface area contributed by atoms with Gasteiger partial charge in [-0.15, -0.1) is 0 Å². The molecule has 0 spiro atoms. The molecule has 0 aromatic carbocycles. The zero-order valence-electron chi connectivity index (χ0n) is 7.49. The summed E-state index contributed by atoms with van der Waals surface area (Å²) in [4.78, 5) is 17.9. The lowest BCUT2D eigenvalue weighted by atomic mass is 10.3. The van der Waals surface area contributed by atoms with Gasteiger partial charge in [0.2, 0.25) is 0 Å². The zero-order chi connectivity index (χ0) is 8.97. The van der Waals surface area contributed by atoms with Crippen LogP contribution in [0.1, 0.15) is 19.8 Å². The fourth-order valence-electron chi connectivity index (χ4n) is 0.942. The van der Waals surface area contributed by atoms with E-state index in [9.17, 15) is 4.79 Å². The van der Waals surface area contributed by atoms with Crippen molar-refractivity contribution in [2.24, 2.45) is 0 Å². The fraction of sp³-hybridized carbons (Fsp3) is 0.625. The molecule has 0 aromatic rings. The summed E-state index contributed by atoms with van der Waals surface area (Å²) >= 11 is 0. The van der Waals surface area contributed by atoms with E-state index in [1.54, 1.807) is 6.20 Å². The Morgan fingerprint density at radius 3 is 2.83 bits per heavy atom. The summed E-state index contributed by atoms with van der Waals surface area (Å²) in [6, 6.07) is 0. The van der Waals surface area contributed by atoms with Crippen molar-refractivity contribution < 1.29 is 9.63 Å². The molecular weight excluding hydrogens is 156 g/mol. The Bertz CT molecular complexity index is 191. The molecule has 0 aliphatic carbocycles. The van der Waals surface area contributed by atoms with Crippen LogP contribution in [0.4, 0.5) is 0 Å². The van der Waals surface area contributed by atoms with Gasteiger partial charge in [-0.2, -0.15) is 5.06 Å². The second-order valence-corrected chi connectivity index (χ2v) is 2.83. The number of hydrogen-bond acceptors (Lipinski definition) is 4. The third-order valence-corrected chi connectivity index (χ3v) is 1.52. The zero-order valence-corrected chi connectivity index (χ0v) is 7.49. The number of rotatable bonds is 3. The second kappa shape index (κ2) is 3.99. The molecule has 1 aliphatic heterocycles. The molecule has 0 bridgehead atoms. The first-order valence-corrected chi connectivity index (χ1v) is 4.08. The first kappa shape index (κ1) is 8.90. The van der Waals surface area contributed by atoms with Gasteiger partial charge < -0.3 is 9.74 Å². The van der Waals surface area contributed by atoms with Crippen molar-refractivity contribution in [3.63, 3.8) is 0 Å². The predicted octanol–water partition coefficient (Wildman–Crippen LogP) is 0.921. The highest BCUT2D eigenvalue weighted by Crippen LogP contribution is 2.05. The van der Waals surface area contributed by atoms with Gasteiger partial charge in [0.25, 0.3) is 0 Å². The third-order valence-electron chi connectivity index (χ3n) is 1.52. The lowest BCUT2D eigenvalue weighted by molar-refractivity contribution is -0.180. The maximum Gasteiger partial charge on any atom is 0.332 e. The first-order chi connectivity index (χ1) is 5.72. The Morgan fingerprint density at radius 1 is 1.58 bits per heavy atom. The summed E-state index contributed by atoms with van der Waals surface area (Å²) in [6.07, 6.45) is 4.91. The SMILES string of the molecule is CCCC(=O)ON1C=CN(C)C1. The predicted molar refractivity (Wildman–Crippen MR) is 44.6 cm³/mol. The number of nitrogens with zero attached hydrogens (tertiary/aromatic N) is 2. The second-order valence-electron chi connectivity index (χ2n) is 2.83. The third kappa shape index (κ3) is 2.45. The van der Waals surface area contributed by atoms with E-state index in [0.29, 0.717) is 13.1 Å². The number of hydrogen-bond donors (Lipinski definition) is 0. The van der Waals surface area contributed by atoms with E-state index in [1.165, 1.54) is 5.06 Å². The van der Waals surface area contributed by atoms with Gasteiger partial charge in [0, 0.05) is 19.7 Å². The molecule has 4 heteroatoms. The number of carbonyl (C=O) groups is 1. The summed E-state index contributed by atoms with van der Waals surface area (Å²) in [5.41, 5.74) is 0. The molecule has 1 heterocycles. The van der Waals surface area contributed by atoms with Crippen molar-refractivity contribution in [3.8, 4) is 0 Å². The highest BCUT2D eigenvalue weighted by atomic mass is 16.7. The van der Waals surface area contributed by atoms with Gasteiger partial charge in [-0.05, 0) is 6.42 Å². The topological polar surface area (TPSA) is 32.8 Å². The maximum atomic E-state index is 11.0. The Morgan fingerprint density at radius 2 is 2.33 bits per heavy atom. The van der Waals surface area contributed by atoms with Gasteiger partial charge in [-0.25, -0.2) is 4.79 Å². The molecule has 68 valence electrons. The van der Waals surface area contributed by atoms with Crippen LogP contribution in [0.5, 0.6) is 0 Å². The minimum atomic E-state index is -0.169. The van der Waals surface area contributed by atoms with Gasteiger partial charge in [-0.3, -0.25) is 0 Å². The van der Waals surface area contributed by atoms with Crippen LogP contribution >= 0.6 is 0 Å². The van der Waals surface area contributed by atoms with Gasteiger partial charge in [0.05, 0.1) is 6.20 Å². The van der Waals surface area contributed by atoms with Gasteiger partial charge in [-0.1, -0.05) is 6.92 Å². The standard InChI is InChI=1S/C8H14N2O2/c1-3-4-8(11)12-10-6-5-9(2)7-10/h5-6H,3-4,7H2,1-2H3. The molecule has 1 aliphatic rings. The normalized spacial score (nSPS) is 15.5. The van der Waals surface area contributed by atoms with E-state index in [0.717, 1.165) is 6.42 Å². The van der Waals surface area contributed by atoms with Gasteiger partial charge in [0.15, 0.2) is 0 Å². The molecule has 0 atom stereocenters. The van der Waals surface area contributed by atoms with E-state index in [2.05, 4.69) is 0 Å². The fourth-order valence-corrected chi connectivity index (χ4v) is 0.942. The van der Waals surface area contributed by atoms with Crippen LogP contribution in [0.2, 0.25) is 0 Å². The molecule has 1 rings (SSSR count). The molecule has 0 N–H and O–H groups in total. The Kier molecular flexibility index (Phi) is 2.96. The minimum Gasteiger partial charge on any atom is -0.359 e. The molecule has 0 fully saturated rings. The largest absolute Gasteiger partial charge is 0.359 e. The quantitative estimate of drug-likeness (QED) is 0.630. The average Bonchev–Trinajstić information content (AvgIpc) is 2.36. The summed E-state index contributed by atoms with van der Waals surface area (Å²) in [5.74, 6) is -0.169. The van der Waals surface area contributed by atoms with Crippen LogP contribution in [-0.4, -0.2) is 29.6 Å². The molecule has 0 saturated carbocycles. The van der Waals surface area contributed by atoms with E-state index in [-0.39, 0.29) is 5.97 Å². The van der Waals surface area contributed by atoms with E-state index < -0.39 is 0 Å². The highest BCUT2D eigenvalue weighted by molar-refractivity contribution is 5.68. The number of hydroxylamine groups is 2. The van der Waals surface area contributed by atoms with Crippen molar-refractivity contribution in [3.05, 3.63) is 12.4 Å². The molecule has 4 nitrogen and oxygen atoms in total. The van der Waals surface area contributed by atoms with Gasteiger partial charge >= 0.3 is 5.97 Å². The molecule has 0 unspecified atom stereocenters. The maximum absolute atomic E-state index is 11.0.